The van der Waals surface area contributed by atoms with Crippen molar-refractivity contribution in [1.82, 2.24) is 14.8 Å². The predicted molar refractivity (Wildman–Crippen MR) is 116 cm³/mol. The number of nitrogens with zero attached hydrogens (tertiary/aromatic N) is 4. The van der Waals surface area contributed by atoms with Gasteiger partial charge in [-0.1, -0.05) is 6.07 Å². The first-order valence-electron chi connectivity index (χ1n) is 10.7. The Morgan fingerprint density at radius 1 is 1.00 bits per heavy atom. The second-order valence-electron chi connectivity index (χ2n) is 8.14. The molecule has 10 heteroatoms. The van der Waals surface area contributed by atoms with Crippen LogP contribution in [0, 0.1) is 5.92 Å². The van der Waals surface area contributed by atoms with E-state index >= 15 is 0 Å². The smallest absolute Gasteiger partial charge is 0.355 e. The van der Waals surface area contributed by atoms with Crippen LogP contribution in [0.4, 0.5) is 19.0 Å². The Morgan fingerprint density at radius 2 is 1.81 bits per heavy atom. The molecule has 2 aromatic heterocycles. The molecule has 0 spiro atoms. The Labute approximate surface area is 188 Å². The molecule has 2 aliphatic rings. The van der Waals surface area contributed by atoms with Crippen molar-refractivity contribution in [2.24, 2.45) is 5.92 Å². The highest BCUT2D eigenvalue weighted by Gasteiger charge is 2.33. The van der Waals surface area contributed by atoms with Crippen LogP contribution < -0.4 is 4.90 Å². The van der Waals surface area contributed by atoms with E-state index in [0.29, 0.717) is 56.4 Å². The van der Waals surface area contributed by atoms with Crippen molar-refractivity contribution < 1.29 is 22.8 Å². The normalized spacial score (nSPS) is 20.2. The Kier molecular flexibility index (Phi) is 6.68. The molecule has 2 amide bonds. The van der Waals surface area contributed by atoms with E-state index in [1.807, 2.05) is 21.2 Å². The molecule has 0 aliphatic carbocycles. The van der Waals surface area contributed by atoms with E-state index in [9.17, 15) is 22.8 Å². The van der Waals surface area contributed by atoms with E-state index in [-0.39, 0.29) is 17.7 Å². The molecule has 0 bridgehead atoms. The molecule has 2 aromatic rings. The van der Waals surface area contributed by atoms with Crippen LogP contribution in [-0.4, -0.2) is 65.9 Å². The van der Waals surface area contributed by atoms with Crippen molar-refractivity contribution in [2.75, 3.05) is 44.2 Å². The molecule has 0 saturated carbocycles. The predicted octanol–water partition coefficient (Wildman–Crippen LogP) is 3.75. The fraction of sp³-hybridized carbons (Fsp3) is 0.500. The number of rotatable bonds is 3. The minimum absolute atomic E-state index is 0.0204. The van der Waals surface area contributed by atoms with Crippen molar-refractivity contribution in [3.63, 3.8) is 0 Å². The van der Waals surface area contributed by atoms with Gasteiger partial charge in [0, 0.05) is 45.5 Å². The van der Waals surface area contributed by atoms with Gasteiger partial charge in [0.2, 0.25) is 5.91 Å². The van der Waals surface area contributed by atoms with Gasteiger partial charge in [-0.25, -0.2) is 4.98 Å². The minimum atomic E-state index is -4.41. The fourth-order valence-corrected chi connectivity index (χ4v) is 4.98. The number of likely N-dealkylation sites (tertiary alicyclic amines) is 1. The monoisotopic (exact) mass is 466 g/mol. The third-order valence-electron chi connectivity index (χ3n) is 6.00. The average molecular weight is 467 g/mol. The first-order valence-corrected chi connectivity index (χ1v) is 11.6. The number of carbonyl (C=O) groups excluding carboxylic acids is 2. The minimum Gasteiger partial charge on any atom is -0.355 e. The number of anilines is 1. The SMILES string of the molecule is O=C(c1cccs1)N1CCCC(C(=O)N2CCCN(c3ccc(C(F)(F)F)cn3)CC2)C1. The molecule has 0 N–H and O–H groups in total. The fourth-order valence-electron chi connectivity index (χ4n) is 4.29. The number of carbonyl (C=O) groups is 2. The lowest BCUT2D eigenvalue weighted by atomic mass is 9.96. The lowest BCUT2D eigenvalue weighted by Crippen LogP contribution is -2.47. The van der Waals surface area contributed by atoms with Crippen LogP contribution in [0.2, 0.25) is 0 Å². The van der Waals surface area contributed by atoms with E-state index < -0.39 is 11.7 Å². The maximum absolute atomic E-state index is 13.2. The van der Waals surface area contributed by atoms with Crippen molar-refractivity contribution in [1.29, 1.82) is 0 Å². The zero-order valence-corrected chi connectivity index (χ0v) is 18.4. The van der Waals surface area contributed by atoms with Crippen LogP contribution in [0.5, 0.6) is 0 Å². The van der Waals surface area contributed by atoms with E-state index in [1.165, 1.54) is 17.4 Å². The zero-order valence-electron chi connectivity index (χ0n) is 17.6. The summed E-state index contributed by atoms with van der Waals surface area (Å²) in [6, 6.07) is 6.07. The summed E-state index contributed by atoms with van der Waals surface area (Å²) < 4.78 is 38.3. The van der Waals surface area contributed by atoms with Crippen LogP contribution in [0.3, 0.4) is 0 Å². The van der Waals surface area contributed by atoms with E-state index in [2.05, 4.69) is 4.98 Å². The van der Waals surface area contributed by atoms with Gasteiger partial charge in [-0.3, -0.25) is 9.59 Å². The number of hydrogen-bond acceptors (Lipinski definition) is 5. The summed E-state index contributed by atoms with van der Waals surface area (Å²) in [7, 11) is 0. The highest BCUT2D eigenvalue weighted by atomic mass is 32.1. The molecule has 2 saturated heterocycles. The maximum Gasteiger partial charge on any atom is 0.417 e. The lowest BCUT2D eigenvalue weighted by molar-refractivity contribution is -0.138. The molecule has 32 heavy (non-hydrogen) atoms. The van der Waals surface area contributed by atoms with E-state index in [1.54, 1.807) is 11.0 Å². The van der Waals surface area contributed by atoms with E-state index in [0.717, 1.165) is 25.1 Å². The van der Waals surface area contributed by atoms with Crippen molar-refractivity contribution in [3.05, 3.63) is 46.3 Å². The quantitative estimate of drug-likeness (QED) is 0.692. The number of pyridine rings is 1. The molecule has 2 fully saturated rings. The molecular formula is C22H25F3N4O2S. The molecule has 1 unspecified atom stereocenters. The summed E-state index contributed by atoms with van der Waals surface area (Å²) in [6.07, 6.45) is -1.30. The van der Waals surface area contributed by atoms with Crippen LogP contribution in [-0.2, 0) is 11.0 Å². The Hall–Kier alpha value is -2.62. The molecule has 0 radical (unpaired) electrons. The van der Waals surface area contributed by atoms with Crippen molar-refractivity contribution >= 4 is 29.0 Å². The summed E-state index contributed by atoms with van der Waals surface area (Å²) in [5.41, 5.74) is -0.771. The number of halogens is 3. The maximum atomic E-state index is 13.2. The molecular weight excluding hydrogens is 441 g/mol. The third kappa shape index (κ3) is 5.06. The number of amides is 2. The summed E-state index contributed by atoms with van der Waals surface area (Å²) in [6.45, 7) is 3.29. The lowest BCUT2D eigenvalue weighted by Gasteiger charge is -2.34. The number of thiophene rings is 1. The zero-order chi connectivity index (χ0) is 22.7. The number of hydrogen-bond donors (Lipinski definition) is 0. The highest BCUT2D eigenvalue weighted by molar-refractivity contribution is 7.12. The molecule has 1 atom stereocenters. The van der Waals surface area contributed by atoms with Crippen LogP contribution in [0.15, 0.2) is 35.8 Å². The van der Waals surface area contributed by atoms with E-state index in [4.69, 9.17) is 0 Å². The average Bonchev–Trinajstić information content (AvgIpc) is 3.22. The Morgan fingerprint density at radius 3 is 2.50 bits per heavy atom. The van der Waals surface area contributed by atoms with Gasteiger partial charge in [0.05, 0.1) is 16.4 Å². The Balaban J connectivity index is 1.35. The van der Waals surface area contributed by atoms with Gasteiger partial charge in [-0.05, 0) is 42.8 Å². The number of piperidine rings is 1. The van der Waals surface area contributed by atoms with Gasteiger partial charge in [0.1, 0.15) is 5.82 Å². The largest absolute Gasteiger partial charge is 0.417 e. The molecule has 6 nitrogen and oxygen atoms in total. The molecule has 4 heterocycles. The van der Waals surface area contributed by atoms with Crippen molar-refractivity contribution in [3.8, 4) is 0 Å². The molecule has 2 aliphatic heterocycles. The molecule has 0 aromatic carbocycles. The summed E-state index contributed by atoms with van der Waals surface area (Å²) in [4.78, 5) is 36.1. The van der Waals surface area contributed by atoms with Crippen LogP contribution in [0.25, 0.3) is 0 Å². The highest BCUT2D eigenvalue weighted by Crippen LogP contribution is 2.29. The second kappa shape index (κ2) is 9.48. The number of alkyl halides is 3. The first kappa shape index (κ1) is 22.6. The van der Waals surface area contributed by atoms with Crippen LogP contribution >= 0.6 is 11.3 Å². The van der Waals surface area contributed by atoms with Gasteiger partial charge in [0.25, 0.3) is 5.91 Å². The summed E-state index contributed by atoms with van der Waals surface area (Å²) in [5, 5.41) is 1.87. The Bertz CT molecular complexity index is 934. The van der Waals surface area contributed by atoms with Gasteiger partial charge in [-0.15, -0.1) is 11.3 Å². The summed E-state index contributed by atoms with van der Waals surface area (Å²) >= 11 is 1.41. The van der Waals surface area contributed by atoms with Gasteiger partial charge in [-0.2, -0.15) is 13.2 Å². The standard InChI is InChI=1S/C22H25F3N4O2S/c23-22(24,25)17-6-7-19(26-14-17)27-9-3-10-28(12-11-27)20(30)16-4-1-8-29(15-16)21(31)18-5-2-13-32-18/h2,5-7,13-14,16H,1,3-4,8-12,15H2. The van der Waals surface area contributed by atoms with Crippen molar-refractivity contribution in [2.45, 2.75) is 25.4 Å². The molecule has 172 valence electrons. The summed E-state index contributed by atoms with van der Waals surface area (Å²) in [5.74, 6) is 0.296. The van der Waals surface area contributed by atoms with Gasteiger partial charge in [0.15, 0.2) is 0 Å². The second-order valence-corrected chi connectivity index (χ2v) is 9.08. The van der Waals surface area contributed by atoms with Gasteiger partial charge >= 0.3 is 6.18 Å². The number of aromatic nitrogens is 1. The first-order chi connectivity index (χ1) is 15.3. The van der Waals surface area contributed by atoms with Crippen LogP contribution in [0.1, 0.15) is 34.5 Å². The van der Waals surface area contributed by atoms with Gasteiger partial charge < -0.3 is 14.7 Å². The third-order valence-corrected chi connectivity index (χ3v) is 6.85. The topological polar surface area (TPSA) is 56.8 Å². The molecule has 4 rings (SSSR count).